The van der Waals surface area contributed by atoms with Crippen LogP contribution in [-0.4, -0.2) is 32.5 Å². The van der Waals surface area contributed by atoms with Gasteiger partial charge in [-0.3, -0.25) is 4.79 Å². The minimum Gasteiger partial charge on any atom is -0.469 e. The van der Waals surface area contributed by atoms with Gasteiger partial charge in [0, 0.05) is 13.1 Å². The number of aromatic nitrogens is 3. The first-order valence-corrected chi connectivity index (χ1v) is 7.33. The highest BCUT2D eigenvalue weighted by atomic mass is 32.2. The number of carbonyl (C=O) groups is 1. The molecule has 0 aliphatic rings. The van der Waals surface area contributed by atoms with Gasteiger partial charge in [-0.05, 0) is 26.8 Å². The van der Waals surface area contributed by atoms with Crippen molar-refractivity contribution < 1.29 is 9.21 Å². The summed E-state index contributed by atoms with van der Waals surface area (Å²) >= 11 is 1.37. The number of furan rings is 1. The van der Waals surface area contributed by atoms with Crippen LogP contribution in [0, 0.1) is 6.92 Å². The van der Waals surface area contributed by atoms with Crippen molar-refractivity contribution in [1.82, 2.24) is 20.1 Å². The van der Waals surface area contributed by atoms with E-state index in [2.05, 4.69) is 15.5 Å². The lowest BCUT2D eigenvalue weighted by molar-refractivity contribution is -0.119. The second-order valence-corrected chi connectivity index (χ2v) is 5.71. The second kappa shape index (κ2) is 6.13. The molecule has 0 spiro atoms. The van der Waals surface area contributed by atoms with Crippen molar-refractivity contribution in [1.29, 1.82) is 0 Å². The number of carbonyl (C=O) groups excluding carboxylic acids is 1. The number of hydrogen-bond donors (Lipinski definition) is 1. The first-order chi connectivity index (χ1) is 9.49. The highest BCUT2D eigenvalue weighted by molar-refractivity contribution is 7.99. The summed E-state index contributed by atoms with van der Waals surface area (Å²) in [6.07, 6.45) is 1.63. The molecule has 1 N–H and O–H groups in total. The van der Waals surface area contributed by atoms with Crippen molar-refractivity contribution in [2.45, 2.75) is 32.0 Å². The second-order valence-electron chi connectivity index (χ2n) is 4.77. The van der Waals surface area contributed by atoms with Crippen LogP contribution in [0.25, 0.3) is 11.4 Å². The average Bonchev–Trinajstić information content (AvgIpc) is 2.92. The molecule has 6 nitrogen and oxygen atoms in total. The third-order valence-corrected chi connectivity index (χ3v) is 3.74. The molecule has 108 valence electrons. The first kappa shape index (κ1) is 14.6. The average molecular weight is 294 g/mol. The number of nitrogens with one attached hydrogen (secondary N) is 1. The van der Waals surface area contributed by atoms with Gasteiger partial charge in [0.2, 0.25) is 5.91 Å². The molecule has 20 heavy (non-hydrogen) atoms. The third kappa shape index (κ3) is 3.22. The fraction of sp³-hybridized carbons (Fsp3) is 0.462. The van der Waals surface area contributed by atoms with Crippen LogP contribution >= 0.6 is 11.8 Å². The third-order valence-electron chi connectivity index (χ3n) is 2.72. The van der Waals surface area contributed by atoms with Gasteiger partial charge in [0.15, 0.2) is 11.0 Å². The van der Waals surface area contributed by atoms with E-state index < -0.39 is 0 Å². The van der Waals surface area contributed by atoms with Crippen molar-refractivity contribution in [3.63, 3.8) is 0 Å². The Morgan fingerprint density at radius 2 is 2.25 bits per heavy atom. The molecule has 0 aliphatic heterocycles. The summed E-state index contributed by atoms with van der Waals surface area (Å²) in [6.45, 7) is 5.75. The summed E-state index contributed by atoms with van der Waals surface area (Å²) in [5.74, 6) is 1.86. The van der Waals surface area contributed by atoms with E-state index >= 15 is 0 Å². The Kier molecular flexibility index (Phi) is 4.49. The lowest BCUT2D eigenvalue weighted by Crippen LogP contribution is -2.31. The van der Waals surface area contributed by atoms with Crippen molar-refractivity contribution in [3.8, 4) is 11.4 Å². The maximum atomic E-state index is 11.6. The van der Waals surface area contributed by atoms with Gasteiger partial charge >= 0.3 is 0 Å². The van der Waals surface area contributed by atoms with Crippen molar-refractivity contribution in [2.75, 3.05) is 5.75 Å². The Bertz CT molecular complexity index is 603. The van der Waals surface area contributed by atoms with Crippen LogP contribution < -0.4 is 5.32 Å². The first-order valence-electron chi connectivity index (χ1n) is 6.35. The Morgan fingerprint density at radius 3 is 2.85 bits per heavy atom. The predicted octanol–water partition coefficient (Wildman–Crippen LogP) is 2.00. The molecule has 0 unspecified atom stereocenters. The van der Waals surface area contributed by atoms with Gasteiger partial charge in [-0.2, -0.15) is 0 Å². The van der Waals surface area contributed by atoms with Gasteiger partial charge < -0.3 is 14.3 Å². The Labute approximate surface area is 121 Å². The minimum atomic E-state index is -0.00552. The predicted molar refractivity (Wildman–Crippen MR) is 77.4 cm³/mol. The van der Waals surface area contributed by atoms with Gasteiger partial charge in [0.05, 0.1) is 17.6 Å². The number of thioether (sulfide) groups is 1. The topological polar surface area (TPSA) is 72.9 Å². The van der Waals surface area contributed by atoms with Gasteiger partial charge in [-0.25, -0.2) is 0 Å². The van der Waals surface area contributed by atoms with E-state index in [-0.39, 0.29) is 11.9 Å². The zero-order valence-corrected chi connectivity index (χ0v) is 12.8. The standard InChI is InChI=1S/C13H18N4O2S/c1-8(2)14-11(18)7-20-13-16-15-12(17(13)4)10-5-6-19-9(10)3/h5-6,8H,7H2,1-4H3,(H,14,18). The Hall–Kier alpha value is -1.76. The number of amides is 1. The quantitative estimate of drug-likeness (QED) is 0.854. The molecule has 0 saturated heterocycles. The maximum Gasteiger partial charge on any atom is 0.230 e. The van der Waals surface area contributed by atoms with E-state index in [4.69, 9.17) is 4.42 Å². The van der Waals surface area contributed by atoms with Crippen LogP contribution in [-0.2, 0) is 11.8 Å². The molecular weight excluding hydrogens is 276 g/mol. The number of aryl methyl sites for hydroxylation is 1. The van der Waals surface area contributed by atoms with Crippen LogP contribution in [0.1, 0.15) is 19.6 Å². The molecule has 2 aromatic rings. The molecule has 0 bridgehead atoms. The van der Waals surface area contributed by atoms with Crippen LogP contribution in [0.15, 0.2) is 21.9 Å². The summed E-state index contributed by atoms with van der Waals surface area (Å²) in [4.78, 5) is 11.6. The molecular formula is C13H18N4O2S. The lowest BCUT2D eigenvalue weighted by atomic mass is 10.2. The van der Waals surface area contributed by atoms with Gasteiger partial charge in [-0.1, -0.05) is 11.8 Å². The van der Waals surface area contributed by atoms with Gasteiger partial charge in [-0.15, -0.1) is 10.2 Å². The van der Waals surface area contributed by atoms with Crippen molar-refractivity contribution >= 4 is 17.7 Å². The summed E-state index contributed by atoms with van der Waals surface area (Å²) in [6, 6.07) is 2.01. The molecule has 0 aromatic carbocycles. The largest absolute Gasteiger partial charge is 0.469 e. The molecule has 0 atom stereocenters. The molecule has 1 amide bonds. The van der Waals surface area contributed by atoms with Crippen LogP contribution in [0.5, 0.6) is 0 Å². The number of hydrogen-bond acceptors (Lipinski definition) is 5. The van der Waals surface area contributed by atoms with E-state index in [1.807, 2.05) is 38.5 Å². The molecule has 0 saturated carbocycles. The molecule has 2 rings (SSSR count). The fourth-order valence-electron chi connectivity index (χ4n) is 1.79. The summed E-state index contributed by atoms with van der Waals surface area (Å²) in [5.41, 5.74) is 0.915. The summed E-state index contributed by atoms with van der Waals surface area (Å²) in [7, 11) is 1.88. The Balaban J connectivity index is 2.06. The molecule has 2 aromatic heterocycles. The van der Waals surface area contributed by atoms with Gasteiger partial charge in [0.25, 0.3) is 0 Å². The van der Waals surface area contributed by atoms with E-state index in [1.54, 1.807) is 6.26 Å². The smallest absolute Gasteiger partial charge is 0.230 e. The molecule has 0 aliphatic carbocycles. The van der Waals surface area contributed by atoms with E-state index in [0.29, 0.717) is 10.9 Å². The van der Waals surface area contributed by atoms with Crippen LogP contribution in [0.2, 0.25) is 0 Å². The molecule has 0 radical (unpaired) electrons. The summed E-state index contributed by atoms with van der Waals surface area (Å²) < 4.78 is 7.14. The van der Waals surface area contributed by atoms with Gasteiger partial charge in [0.1, 0.15) is 5.76 Å². The highest BCUT2D eigenvalue weighted by Gasteiger charge is 2.15. The van der Waals surface area contributed by atoms with Crippen molar-refractivity contribution in [2.24, 2.45) is 7.05 Å². The van der Waals surface area contributed by atoms with Crippen LogP contribution in [0.3, 0.4) is 0 Å². The monoisotopic (exact) mass is 294 g/mol. The number of nitrogens with zero attached hydrogens (tertiary/aromatic N) is 3. The molecule has 2 heterocycles. The number of rotatable bonds is 5. The fourth-order valence-corrected chi connectivity index (χ4v) is 2.51. The highest BCUT2D eigenvalue weighted by Crippen LogP contribution is 2.25. The Morgan fingerprint density at radius 1 is 1.50 bits per heavy atom. The minimum absolute atomic E-state index is 0.00552. The zero-order valence-electron chi connectivity index (χ0n) is 12.0. The normalized spacial score (nSPS) is 11.1. The lowest BCUT2D eigenvalue weighted by Gasteiger charge is -2.07. The SMILES string of the molecule is Cc1occc1-c1nnc(SCC(=O)NC(C)C)n1C. The molecule has 0 fully saturated rings. The maximum absolute atomic E-state index is 11.6. The zero-order chi connectivity index (χ0) is 14.7. The summed E-state index contributed by atoms with van der Waals surface area (Å²) in [5, 5.41) is 11.8. The van der Waals surface area contributed by atoms with E-state index in [0.717, 1.165) is 17.1 Å². The van der Waals surface area contributed by atoms with Crippen molar-refractivity contribution in [3.05, 3.63) is 18.1 Å². The van der Waals surface area contributed by atoms with E-state index in [9.17, 15) is 4.79 Å². The van der Waals surface area contributed by atoms with E-state index in [1.165, 1.54) is 11.8 Å². The van der Waals surface area contributed by atoms with Crippen LogP contribution in [0.4, 0.5) is 0 Å². The molecule has 7 heteroatoms.